The van der Waals surface area contributed by atoms with Crippen LogP contribution in [0.25, 0.3) is 10.9 Å². The molecule has 2 saturated heterocycles. The highest BCUT2D eigenvalue weighted by atomic mass is 35.5. The molecule has 3 amide bonds. The minimum absolute atomic E-state index is 0.00440. The quantitative estimate of drug-likeness (QED) is 0.414. The molecule has 9 heteroatoms. The number of aromatic hydroxyl groups is 1. The molecule has 6 rings (SSSR count). The maximum Gasteiger partial charge on any atom is 0.328 e. The number of halogens is 2. The Hall–Kier alpha value is -3.10. The van der Waals surface area contributed by atoms with Crippen molar-refractivity contribution in [3.8, 4) is 5.75 Å². The normalized spacial score (nSPS) is 24.1. The third-order valence-corrected chi connectivity index (χ3v) is 8.74. The summed E-state index contributed by atoms with van der Waals surface area (Å²) in [6.45, 7) is 5.16. The Morgan fingerprint density at radius 2 is 1.87 bits per heavy atom. The van der Waals surface area contributed by atoms with Crippen LogP contribution in [0.2, 0.25) is 5.02 Å². The van der Waals surface area contributed by atoms with Crippen LogP contribution >= 0.6 is 11.6 Å². The number of rotatable bonds is 5. The summed E-state index contributed by atoms with van der Waals surface area (Å²) in [7, 11) is 0. The van der Waals surface area contributed by atoms with Gasteiger partial charge in [0.05, 0.1) is 5.02 Å². The number of aromatic amines is 1. The van der Waals surface area contributed by atoms with Crippen LogP contribution in [0, 0.1) is 5.82 Å². The van der Waals surface area contributed by atoms with Crippen molar-refractivity contribution < 1.29 is 19.1 Å². The third kappa shape index (κ3) is 4.05. The number of fused-ring (bicyclic) bond motifs is 4. The first-order valence-corrected chi connectivity index (χ1v) is 13.8. The summed E-state index contributed by atoms with van der Waals surface area (Å²) in [5.74, 6) is -0.702. The number of nitrogens with zero attached hydrogens (tertiary/aromatic N) is 3. The molecule has 0 bridgehead atoms. The van der Waals surface area contributed by atoms with E-state index in [1.54, 1.807) is 29.2 Å². The van der Waals surface area contributed by atoms with Crippen molar-refractivity contribution >= 4 is 34.4 Å². The van der Waals surface area contributed by atoms with E-state index in [4.69, 9.17) is 11.6 Å². The highest BCUT2D eigenvalue weighted by Gasteiger charge is 2.60. The lowest BCUT2D eigenvalue weighted by atomic mass is 9.81. The van der Waals surface area contributed by atoms with Crippen LogP contribution < -0.4 is 0 Å². The van der Waals surface area contributed by atoms with E-state index in [-0.39, 0.29) is 29.1 Å². The minimum atomic E-state index is -1.13. The van der Waals surface area contributed by atoms with Gasteiger partial charge in [0, 0.05) is 29.6 Å². The molecule has 0 radical (unpaired) electrons. The SMILES string of the molecule is C[C@@]12Cc3c([nH]c4cc(F)c(Cl)cc34)[C@@H](c3cccc(O)c3)N1C(=O)N(CCCN1CCCCCC1)C2=O. The lowest BCUT2D eigenvalue weighted by molar-refractivity contribution is -0.133. The van der Waals surface area contributed by atoms with Crippen molar-refractivity contribution in [3.05, 3.63) is 64.1 Å². The molecule has 0 spiro atoms. The van der Waals surface area contributed by atoms with Crippen LogP contribution in [0.5, 0.6) is 5.75 Å². The molecule has 0 unspecified atom stereocenters. The standard InChI is InChI=1S/C29H32ClFN4O3/c1-29-17-21-20-15-22(30)23(31)16-24(20)32-25(21)26(18-8-6-9-19(36)14-18)35(29)28(38)34(27(29)37)13-7-12-33-10-4-2-3-5-11-33/h6,8-9,14-16,26,32,36H,2-5,7,10-13,17H2,1H3/t26-,29+/m1/s1. The molecule has 7 nitrogen and oxygen atoms in total. The number of carbonyl (C=O) groups is 2. The maximum absolute atomic E-state index is 14.3. The van der Waals surface area contributed by atoms with Crippen LogP contribution in [0.15, 0.2) is 36.4 Å². The van der Waals surface area contributed by atoms with Gasteiger partial charge in [-0.1, -0.05) is 36.6 Å². The van der Waals surface area contributed by atoms with Crippen LogP contribution in [-0.4, -0.2) is 68.4 Å². The summed E-state index contributed by atoms with van der Waals surface area (Å²) >= 11 is 6.15. The van der Waals surface area contributed by atoms with Crippen molar-refractivity contribution in [1.29, 1.82) is 0 Å². The fourth-order valence-electron chi connectivity index (χ4n) is 6.56. The van der Waals surface area contributed by atoms with Crippen molar-refractivity contribution in [1.82, 2.24) is 19.7 Å². The van der Waals surface area contributed by atoms with Gasteiger partial charge < -0.3 is 15.0 Å². The van der Waals surface area contributed by atoms with Gasteiger partial charge in [0.1, 0.15) is 23.1 Å². The number of phenolic OH excluding ortho intramolecular Hbond substituents is 1. The number of H-pyrrole nitrogens is 1. The van der Waals surface area contributed by atoms with Crippen LogP contribution in [0.4, 0.5) is 9.18 Å². The van der Waals surface area contributed by atoms with Gasteiger partial charge in [-0.15, -0.1) is 0 Å². The van der Waals surface area contributed by atoms with Gasteiger partial charge >= 0.3 is 6.03 Å². The lowest BCUT2D eigenvalue weighted by Crippen LogP contribution is -2.53. The maximum atomic E-state index is 14.3. The Labute approximate surface area is 226 Å². The first kappa shape index (κ1) is 25.2. The Morgan fingerprint density at radius 3 is 2.61 bits per heavy atom. The van der Waals surface area contributed by atoms with Gasteiger partial charge in [-0.2, -0.15) is 0 Å². The Morgan fingerprint density at radius 1 is 1.11 bits per heavy atom. The smallest absolute Gasteiger partial charge is 0.328 e. The lowest BCUT2D eigenvalue weighted by Gasteiger charge is -2.42. The van der Waals surface area contributed by atoms with Gasteiger partial charge in [0.25, 0.3) is 5.91 Å². The van der Waals surface area contributed by atoms with Gasteiger partial charge in [-0.05, 0) is 81.2 Å². The Balaban J connectivity index is 1.38. The summed E-state index contributed by atoms with van der Waals surface area (Å²) in [4.78, 5) is 36.7. The second-order valence-electron chi connectivity index (χ2n) is 11.0. The number of carbonyl (C=O) groups excluding carboxylic acids is 2. The molecule has 3 aliphatic heterocycles. The van der Waals surface area contributed by atoms with Crippen LogP contribution in [0.1, 0.15) is 61.9 Å². The first-order valence-electron chi connectivity index (χ1n) is 13.4. The van der Waals surface area contributed by atoms with E-state index in [0.717, 1.165) is 37.0 Å². The topological polar surface area (TPSA) is 79.9 Å². The molecule has 0 saturated carbocycles. The largest absolute Gasteiger partial charge is 0.508 e. The number of aromatic nitrogens is 1. The van der Waals surface area contributed by atoms with Gasteiger partial charge in [0.2, 0.25) is 0 Å². The van der Waals surface area contributed by atoms with Crippen molar-refractivity contribution in [2.75, 3.05) is 26.2 Å². The van der Waals surface area contributed by atoms with E-state index in [0.29, 0.717) is 23.3 Å². The number of phenols is 1. The van der Waals surface area contributed by atoms with Gasteiger partial charge in [-0.3, -0.25) is 14.6 Å². The number of urea groups is 1. The fourth-order valence-corrected chi connectivity index (χ4v) is 6.72. The number of nitrogens with one attached hydrogen (secondary N) is 1. The number of hydrogen-bond acceptors (Lipinski definition) is 4. The second kappa shape index (κ2) is 9.58. The number of imide groups is 1. The van der Waals surface area contributed by atoms with Gasteiger partial charge in [-0.25, -0.2) is 9.18 Å². The predicted octanol–water partition coefficient (Wildman–Crippen LogP) is 5.60. The Bertz CT molecular complexity index is 1420. The number of likely N-dealkylation sites (tertiary alicyclic amines) is 1. The van der Waals surface area contributed by atoms with E-state index in [1.807, 2.05) is 13.0 Å². The fraction of sp³-hybridized carbons (Fsp3) is 0.448. The minimum Gasteiger partial charge on any atom is -0.508 e. The van der Waals surface area contributed by atoms with Crippen molar-refractivity contribution in [3.63, 3.8) is 0 Å². The Kier molecular flexibility index (Phi) is 6.35. The monoisotopic (exact) mass is 538 g/mol. The third-order valence-electron chi connectivity index (χ3n) is 8.45. The van der Waals surface area contributed by atoms with Gasteiger partial charge in [0.15, 0.2) is 0 Å². The molecule has 4 heterocycles. The molecule has 3 aromatic rings. The zero-order chi connectivity index (χ0) is 26.6. The zero-order valence-electron chi connectivity index (χ0n) is 21.5. The van der Waals surface area contributed by atoms with Crippen molar-refractivity contribution in [2.45, 2.75) is 57.0 Å². The summed E-state index contributed by atoms with van der Waals surface area (Å²) in [5, 5.41) is 11.0. The van der Waals surface area contributed by atoms with Crippen LogP contribution in [-0.2, 0) is 11.2 Å². The molecule has 200 valence electrons. The molecule has 2 aromatic carbocycles. The molecule has 1 aromatic heterocycles. The first-order chi connectivity index (χ1) is 18.3. The highest BCUT2D eigenvalue weighted by Crippen LogP contribution is 2.49. The molecular weight excluding hydrogens is 507 g/mol. The molecule has 2 fully saturated rings. The summed E-state index contributed by atoms with van der Waals surface area (Å²) in [6.07, 6.45) is 5.91. The second-order valence-corrected chi connectivity index (χ2v) is 11.4. The van der Waals surface area contributed by atoms with E-state index in [1.165, 1.54) is 36.6 Å². The average Bonchev–Trinajstić information content (AvgIpc) is 3.15. The summed E-state index contributed by atoms with van der Waals surface area (Å²) in [5.41, 5.74) is 1.64. The predicted molar refractivity (Wildman–Crippen MR) is 144 cm³/mol. The summed E-state index contributed by atoms with van der Waals surface area (Å²) in [6, 6.07) is 8.67. The van der Waals surface area contributed by atoms with Crippen molar-refractivity contribution in [2.24, 2.45) is 0 Å². The molecule has 38 heavy (non-hydrogen) atoms. The molecule has 2 atom stereocenters. The van der Waals surface area contributed by atoms with E-state index < -0.39 is 17.4 Å². The van der Waals surface area contributed by atoms with E-state index in [2.05, 4.69) is 9.88 Å². The average molecular weight is 539 g/mol. The molecule has 0 aliphatic carbocycles. The highest BCUT2D eigenvalue weighted by molar-refractivity contribution is 6.31. The van der Waals surface area contributed by atoms with Crippen LogP contribution in [0.3, 0.4) is 0 Å². The molecule has 2 N–H and O–H groups in total. The number of benzene rings is 2. The number of hydrogen-bond donors (Lipinski definition) is 2. The van der Waals surface area contributed by atoms with E-state index >= 15 is 0 Å². The molecule has 3 aliphatic rings. The zero-order valence-corrected chi connectivity index (χ0v) is 22.2. The summed E-state index contributed by atoms with van der Waals surface area (Å²) < 4.78 is 14.3. The molecular formula is C29H32ClFN4O3. The van der Waals surface area contributed by atoms with E-state index in [9.17, 15) is 19.1 Å². The number of amides is 3.